The molecule has 1 heterocycles. The molecule has 8 nitrogen and oxygen atoms in total. The van der Waals surface area contributed by atoms with Crippen LogP contribution in [0, 0.1) is 0 Å². The van der Waals surface area contributed by atoms with Gasteiger partial charge in [0.1, 0.15) is 6.54 Å². The minimum Gasteiger partial charge on any atom is -0.376 e. The lowest BCUT2D eigenvalue weighted by atomic mass is 10.1. The first-order valence-electron chi connectivity index (χ1n) is 11.5. The van der Waals surface area contributed by atoms with Crippen molar-refractivity contribution in [3.8, 4) is 0 Å². The van der Waals surface area contributed by atoms with Gasteiger partial charge in [0.25, 0.3) is 15.9 Å². The Kier molecular flexibility index (Phi) is 8.40. The highest BCUT2D eigenvalue weighted by atomic mass is 79.9. The second kappa shape index (κ2) is 11.7. The van der Waals surface area contributed by atoms with Crippen molar-refractivity contribution in [3.05, 3.63) is 88.9 Å². The van der Waals surface area contributed by atoms with E-state index in [1.54, 1.807) is 66.7 Å². The summed E-state index contributed by atoms with van der Waals surface area (Å²) < 4.78 is 34.2. The average Bonchev–Trinajstić information content (AvgIpc) is 3.40. The highest BCUT2D eigenvalue weighted by Gasteiger charge is 2.28. The molecule has 2 N–H and O–H groups in total. The Balaban J connectivity index is 1.54. The van der Waals surface area contributed by atoms with E-state index in [1.165, 1.54) is 12.1 Å². The van der Waals surface area contributed by atoms with Gasteiger partial charge in [0.2, 0.25) is 5.91 Å². The van der Waals surface area contributed by atoms with Crippen LogP contribution >= 0.6 is 15.9 Å². The van der Waals surface area contributed by atoms with E-state index in [9.17, 15) is 18.0 Å². The van der Waals surface area contributed by atoms with Gasteiger partial charge in [0, 0.05) is 17.6 Å². The van der Waals surface area contributed by atoms with E-state index in [0.29, 0.717) is 29.0 Å². The topological polar surface area (TPSA) is 105 Å². The van der Waals surface area contributed by atoms with Gasteiger partial charge >= 0.3 is 0 Å². The molecular weight excluding hydrogens is 546 g/mol. The summed E-state index contributed by atoms with van der Waals surface area (Å²) >= 11 is 3.36. The first-order valence-corrected chi connectivity index (χ1v) is 13.7. The van der Waals surface area contributed by atoms with Crippen molar-refractivity contribution in [2.24, 2.45) is 0 Å². The molecule has 3 aromatic carbocycles. The number of hydrogen-bond donors (Lipinski definition) is 2. The van der Waals surface area contributed by atoms with E-state index >= 15 is 0 Å². The summed E-state index contributed by atoms with van der Waals surface area (Å²) in [6.07, 6.45) is 1.84. The SMILES string of the molecule is O=C(CN(c1cccc(Br)c1)S(=O)(=O)c1ccccc1)Nc1ccccc1C(=O)NC[C@H]1CCCO1. The van der Waals surface area contributed by atoms with Crippen LogP contribution in [0.25, 0.3) is 0 Å². The summed E-state index contributed by atoms with van der Waals surface area (Å²) in [6.45, 7) is 0.584. The van der Waals surface area contributed by atoms with Crippen molar-refractivity contribution in [1.82, 2.24) is 5.32 Å². The maximum atomic E-state index is 13.5. The van der Waals surface area contributed by atoms with Gasteiger partial charge in [-0.15, -0.1) is 0 Å². The van der Waals surface area contributed by atoms with Crippen molar-refractivity contribution < 1.29 is 22.7 Å². The molecule has 1 aliphatic heterocycles. The van der Waals surface area contributed by atoms with Gasteiger partial charge in [-0.1, -0.05) is 52.3 Å². The summed E-state index contributed by atoms with van der Waals surface area (Å²) in [7, 11) is -4.04. The Morgan fingerprint density at radius 2 is 1.75 bits per heavy atom. The molecule has 3 aromatic rings. The molecule has 0 saturated carbocycles. The Labute approximate surface area is 218 Å². The maximum Gasteiger partial charge on any atom is 0.264 e. The summed E-state index contributed by atoms with van der Waals surface area (Å²) in [4.78, 5) is 26.0. The zero-order chi connectivity index (χ0) is 25.5. The predicted molar refractivity (Wildman–Crippen MR) is 141 cm³/mol. The number of benzene rings is 3. The fraction of sp³-hybridized carbons (Fsp3) is 0.231. The second-order valence-electron chi connectivity index (χ2n) is 8.24. The summed E-state index contributed by atoms with van der Waals surface area (Å²) in [5, 5.41) is 5.56. The predicted octanol–water partition coefficient (Wildman–Crippen LogP) is 4.19. The Hall–Kier alpha value is -3.21. The molecule has 1 atom stereocenters. The number of anilines is 2. The second-order valence-corrected chi connectivity index (χ2v) is 11.0. The van der Waals surface area contributed by atoms with Crippen LogP contribution in [0.15, 0.2) is 88.2 Å². The molecule has 1 saturated heterocycles. The van der Waals surface area contributed by atoms with Gasteiger partial charge in [0.05, 0.1) is 27.9 Å². The summed E-state index contributed by atoms with van der Waals surface area (Å²) in [5.41, 5.74) is 0.897. The fourth-order valence-electron chi connectivity index (χ4n) is 3.88. The van der Waals surface area contributed by atoms with Crippen LogP contribution < -0.4 is 14.9 Å². The summed E-state index contributed by atoms with van der Waals surface area (Å²) in [6, 6.07) is 21.2. The minimum absolute atomic E-state index is 0.0161. The Morgan fingerprint density at radius 3 is 2.47 bits per heavy atom. The molecular formula is C26H26BrN3O5S. The fourth-order valence-corrected chi connectivity index (χ4v) is 5.70. The molecule has 0 bridgehead atoms. The maximum absolute atomic E-state index is 13.5. The number of carbonyl (C=O) groups excluding carboxylic acids is 2. The highest BCUT2D eigenvalue weighted by molar-refractivity contribution is 9.10. The number of sulfonamides is 1. The quantitative estimate of drug-likeness (QED) is 0.400. The van der Waals surface area contributed by atoms with E-state index in [2.05, 4.69) is 26.6 Å². The molecule has 10 heteroatoms. The zero-order valence-electron chi connectivity index (χ0n) is 19.4. The van der Waals surface area contributed by atoms with Crippen molar-refractivity contribution in [1.29, 1.82) is 0 Å². The number of halogens is 1. The van der Waals surface area contributed by atoms with Gasteiger partial charge in [-0.25, -0.2) is 8.42 Å². The van der Waals surface area contributed by atoms with Gasteiger partial charge < -0.3 is 15.4 Å². The Bertz CT molecular complexity index is 1330. The molecule has 0 aliphatic carbocycles. The normalized spacial score (nSPS) is 15.3. The van der Waals surface area contributed by atoms with Gasteiger partial charge in [0.15, 0.2) is 0 Å². The third-order valence-electron chi connectivity index (χ3n) is 5.67. The smallest absolute Gasteiger partial charge is 0.264 e. The largest absolute Gasteiger partial charge is 0.376 e. The average molecular weight is 572 g/mol. The lowest BCUT2D eigenvalue weighted by molar-refractivity contribution is -0.114. The van der Waals surface area contributed by atoms with E-state index < -0.39 is 22.5 Å². The van der Waals surface area contributed by atoms with Crippen molar-refractivity contribution in [3.63, 3.8) is 0 Å². The first kappa shape index (κ1) is 25.9. The zero-order valence-corrected chi connectivity index (χ0v) is 21.8. The highest BCUT2D eigenvalue weighted by Crippen LogP contribution is 2.26. The number of amides is 2. The third-order valence-corrected chi connectivity index (χ3v) is 7.96. The molecule has 1 aliphatic rings. The van der Waals surface area contributed by atoms with Crippen molar-refractivity contribution >= 4 is 49.1 Å². The molecule has 0 spiro atoms. The lowest BCUT2D eigenvalue weighted by Crippen LogP contribution is -2.38. The van der Waals surface area contributed by atoms with Crippen LogP contribution in [-0.4, -0.2) is 46.0 Å². The Morgan fingerprint density at radius 1 is 1.00 bits per heavy atom. The number of para-hydroxylation sites is 1. The van der Waals surface area contributed by atoms with E-state index in [1.807, 2.05) is 0 Å². The van der Waals surface area contributed by atoms with Crippen LogP contribution in [0.5, 0.6) is 0 Å². The molecule has 1 fully saturated rings. The lowest BCUT2D eigenvalue weighted by Gasteiger charge is -2.24. The number of carbonyl (C=O) groups is 2. The number of nitrogens with one attached hydrogen (secondary N) is 2. The van der Waals surface area contributed by atoms with E-state index in [-0.39, 0.29) is 22.5 Å². The third kappa shape index (κ3) is 6.31. The number of ether oxygens (including phenoxy) is 1. The molecule has 4 rings (SSSR count). The molecule has 188 valence electrons. The van der Waals surface area contributed by atoms with Crippen LogP contribution in [0.2, 0.25) is 0 Å². The standard InChI is InChI=1S/C26H26BrN3O5S/c27-19-8-6-9-20(16-19)30(36(33,34)22-11-2-1-3-12-22)18-25(31)29-24-14-5-4-13-23(24)26(32)28-17-21-10-7-15-35-21/h1-6,8-9,11-14,16,21H,7,10,15,17-18H2,(H,28,32)(H,29,31)/t21-/m1/s1. The molecule has 0 radical (unpaired) electrons. The van der Waals surface area contributed by atoms with Crippen molar-refractivity contribution in [2.45, 2.75) is 23.8 Å². The number of hydrogen-bond acceptors (Lipinski definition) is 5. The number of rotatable bonds is 9. The van der Waals surface area contributed by atoms with Crippen LogP contribution in [-0.2, 0) is 19.6 Å². The minimum atomic E-state index is -4.04. The summed E-state index contributed by atoms with van der Waals surface area (Å²) in [5.74, 6) is -0.934. The molecule has 0 unspecified atom stereocenters. The molecule has 0 aromatic heterocycles. The molecule has 2 amide bonds. The van der Waals surface area contributed by atoms with Crippen LogP contribution in [0.3, 0.4) is 0 Å². The van der Waals surface area contributed by atoms with E-state index in [0.717, 1.165) is 17.1 Å². The monoisotopic (exact) mass is 571 g/mol. The van der Waals surface area contributed by atoms with Gasteiger partial charge in [-0.3, -0.25) is 13.9 Å². The van der Waals surface area contributed by atoms with E-state index in [4.69, 9.17) is 4.74 Å². The van der Waals surface area contributed by atoms with Gasteiger partial charge in [-0.2, -0.15) is 0 Å². The molecule has 36 heavy (non-hydrogen) atoms. The first-order chi connectivity index (χ1) is 17.3. The van der Waals surface area contributed by atoms with Crippen molar-refractivity contribution in [2.75, 3.05) is 29.3 Å². The van der Waals surface area contributed by atoms with Crippen LogP contribution in [0.4, 0.5) is 11.4 Å². The van der Waals surface area contributed by atoms with Crippen LogP contribution in [0.1, 0.15) is 23.2 Å². The van der Waals surface area contributed by atoms with Gasteiger partial charge in [-0.05, 0) is 55.3 Å². The number of nitrogens with zero attached hydrogens (tertiary/aromatic N) is 1.